The maximum atomic E-state index is 2.70. The number of fused-ring (bicyclic) bond motifs is 24. The van der Waals surface area contributed by atoms with E-state index in [-0.39, 0.29) is 12.1 Å². The fraction of sp³-hybridized carbons (Fsp3) is 0.0377. The highest BCUT2D eigenvalue weighted by Crippen LogP contribution is 2.52. The number of hydrogen-bond donors (Lipinski definition) is 0. The number of nitrogens with zero attached hydrogens (tertiary/aromatic N) is 4. The fourth-order valence-corrected chi connectivity index (χ4v) is 19.3. The molecule has 23 rings (SSSR count). The number of benzene rings is 17. The van der Waals surface area contributed by atoms with Crippen LogP contribution < -0.4 is 26.2 Å². The van der Waals surface area contributed by atoms with Gasteiger partial charge in [0.1, 0.15) is 0 Å². The predicted molar refractivity (Wildman–Crippen MR) is 476 cm³/mol. The molecule has 0 aliphatic carbocycles. The minimum atomic E-state index is -0.351. The van der Waals surface area contributed by atoms with Gasteiger partial charge < -0.3 is 18.6 Å². The zero-order valence-electron chi connectivity index (χ0n) is 61.7. The third-order valence-electron chi connectivity index (χ3n) is 24.3. The number of anilines is 6. The first-order valence-electron chi connectivity index (χ1n) is 38.8. The molecule has 21 aromatic rings. The lowest BCUT2D eigenvalue weighted by atomic mass is 9.33. The van der Waals surface area contributed by atoms with Crippen LogP contribution in [-0.2, 0) is 5.41 Å². The lowest BCUT2D eigenvalue weighted by molar-refractivity contribution is 0.590. The molecule has 0 radical (unpaired) electrons. The van der Waals surface area contributed by atoms with Crippen LogP contribution in [0.2, 0.25) is 0 Å². The zero-order chi connectivity index (χ0) is 73.3. The monoisotopic (exact) mass is 1410 g/mol. The van der Waals surface area contributed by atoms with Crippen molar-refractivity contribution in [3.8, 4) is 44.5 Å². The number of hydrogen-bond acceptors (Lipinski definition) is 2. The van der Waals surface area contributed by atoms with E-state index in [4.69, 9.17) is 0 Å². The molecule has 2 aliphatic rings. The van der Waals surface area contributed by atoms with Crippen LogP contribution in [0.5, 0.6) is 0 Å². The van der Waals surface area contributed by atoms with Gasteiger partial charge in [-0.1, -0.05) is 324 Å². The SMILES string of the molecule is CC(C)(C)c1cc2c3c(c1)N(c1cc(-c4ccccc4)cc(-c4ccccc4)c1)c1cc4c(cc1B3c1cc3c5ccccc5c5ccccc5c5cccc6c7ccccc7n(c3cc1N2c1cc(-c2ccccc2)cc(-c2ccccc2)c1)c56)c1ccccc1c1ccccc1c1cccc2c3ccccc3n4c12. The normalized spacial score (nSPS) is 12.8. The summed E-state index contributed by atoms with van der Waals surface area (Å²) in [6.07, 6.45) is 0. The molecule has 0 atom stereocenters. The first-order valence-corrected chi connectivity index (χ1v) is 38.8. The van der Waals surface area contributed by atoms with Gasteiger partial charge in [0, 0.05) is 77.2 Å². The van der Waals surface area contributed by atoms with E-state index < -0.39 is 0 Å². The van der Waals surface area contributed by atoms with Crippen LogP contribution in [0.25, 0.3) is 164 Å². The maximum absolute atomic E-state index is 2.70. The molecule has 0 bridgehead atoms. The van der Waals surface area contributed by atoms with E-state index in [2.05, 4.69) is 415 Å². The highest BCUT2D eigenvalue weighted by atomic mass is 15.2. The molecule has 2 aliphatic heterocycles. The fourth-order valence-electron chi connectivity index (χ4n) is 19.3. The molecule has 111 heavy (non-hydrogen) atoms. The average molecular weight is 1410 g/mol. The summed E-state index contributed by atoms with van der Waals surface area (Å²) < 4.78 is 5.27. The topological polar surface area (TPSA) is 15.3 Å². The Bertz CT molecular complexity index is 7060. The first kappa shape index (κ1) is 63.1. The third kappa shape index (κ3) is 9.55. The Morgan fingerprint density at radius 3 is 0.802 bits per heavy atom. The maximum Gasteiger partial charge on any atom is 0.252 e. The summed E-state index contributed by atoms with van der Waals surface area (Å²) in [5, 5.41) is 19.1. The highest BCUT2D eigenvalue weighted by molar-refractivity contribution is 7.00. The van der Waals surface area contributed by atoms with Gasteiger partial charge in [0.25, 0.3) is 6.71 Å². The van der Waals surface area contributed by atoms with Crippen LogP contribution in [0.4, 0.5) is 34.1 Å². The third-order valence-corrected chi connectivity index (χ3v) is 24.3. The summed E-state index contributed by atoms with van der Waals surface area (Å²) in [4.78, 5) is 5.40. The second-order valence-electron chi connectivity index (χ2n) is 31.4. The van der Waals surface area contributed by atoms with Gasteiger partial charge in [0.15, 0.2) is 0 Å². The van der Waals surface area contributed by atoms with Gasteiger partial charge in [0.05, 0.1) is 33.1 Å². The van der Waals surface area contributed by atoms with Crippen LogP contribution in [0, 0.1) is 0 Å². The predicted octanol–water partition coefficient (Wildman–Crippen LogP) is 26.9. The van der Waals surface area contributed by atoms with Crippen molar-refractivity contribution in [1.82, 2.24) is 8.80 Å². The molecule has 5 heteroatoms. The second kappa shape index (κ2) is 24.3. The number of aromatic nitrogens is 2. The summed E-state index contributed by atoms with van der Waals surface area (Å²) >= 11 is 0. The smallest absolute Gasteiger partial charge is 0.252 e. The molecule has 0 saturated heterocycles. The molecule has 518 valence electrons. The van der Waals surface area contributed by atoms with Crippen LogP contribution in [0.1, 0.15) is 26.3 Å². The van der Waals surface area contributed by atoms with Crippen molar-refractivity contribution < 1.29 is 0 Å². The van der Waals surface area contributed by atoms with E-state index in [1.54, 1.807) is 0 Å². The zero-order valence-corrected chi connectivity index (χ0v) is 61.7. The molecule has 4 nitrogen and oxygen atoms in total. The number of rotatable bonds is 6. The molecule has 0 unspecified atom stereocenters. The summed E-state index contributed by atoms with van der Waals surface area (Å²) in [5.74, 6) is 0. The van der Waals surface area contributed by atoms with E-state index in [1.807, 2.05) is 0 Å². The van der Waals surface area contributed by atoms with Gasteiger partial charge in [-0.15, -0.1) is 0 Å². The molecule has 0 amide bonds. The molecule has 6 heterocycles. The van der Waals surface area contributed by atoms with Crippen molar-refractivity contribution in [1.29, 1.82) is 0 Å². The van der Waals surface area contributed by atoms with E-state index in [0.717, 1.165) is 111 Å². The molecular weight excluding hydrogens is 1340 g/mol. The molecule has 0 fully saturated rings. The Labute approximate surface area is 643 Å². The molecule has 0 saturated carbocycles. The summed E-state index contributed by atoms with van der Waals surface area (Å²) in [6.45, 7) is 6.85. The lowest BCUT2D eigenvalue weighted by Gasteiger charge is -2.45. The molecule has 0 N–H and O–H groups in total. The van der Waals surface area contributed by atoms with Gasteiger partial charge in [0.2, 0.25) is 0 Å². The average Bonchev–Trinajstić information content (AvgIpc) is 1.11. The van der Waals surface area contributed by atoms with Gasteiger partial charge in [-0.05, 0) is 188 Å². The van der Waals surface area contributed by atoms with Gasteiger partial charge in [-0.2, -0.15) is 0 Å². The van der Waals surface area contributed by atoms with Crippen LogP contribution >= 0.6 is 0 Å². The summed E-state index contributed by atoms with van der Waals surface area (Å²) in [5.41, 5.74) is 27.3. The van der Waals surface area contributed by atoms with Crippen molar-refractivity contribution in [2.75, 3.05) is 9.80 Å². The highest BCUT2D eigenvalue weighted by Gasteiger charge is 2.46. The Balaban J connectivity index is 0.973. The Kier molecular flexibility index (Phi) is 13.8. The minimum Gasteiger partial charge on any atom is -0.311 e. The van der Waals surface area contributed by atoms with Crippen molar-refractivity contribution in [3.05, 3.63) is 382 Å². The summed E-state index contributed by atoms with van der Waals surface area (Å²) in [6, 6.07) is 143. The quantitative estimate of drug-likeness (QED) is 0.154. The molecular formula is C106H71BN4. The summed E-state index contributed by atoms with van der Waals surface area (Å²) in [7, 11) is 0. The Hall–Kier alpha value is -14.0. The lowest BCUT2D eigenvalue weighted by Crippen LogP contribution is -2.61. The van der Waals surface area contributed by atoms with E-state index in [9.17, 15) is 0 Å². The van der Waals surface area contributed by atoms with Crippen molar-refractivity contribution >= 4 is 177 Å². The van der Waals surface area contributed by atoms with E-state index in [1.165, 1.54) is 108 Å². The van der Waals surface area contributed by atoms with Gasteiger partial charge in [-0.3, -0.25) is 0 Å². The van der Waals surface area contributed by atoms with Crippen LogP contribution in [0.3, 0.4) is 0 Å². The van der Waals surface area contributed by atoms with Crippen LogP contribution in [0.15, 0.2) is 376 Å². The van der Waals surface area contributed by atoms with Crippen molar-refractivity contribution in [2.24, 2.45) is 0 Å². The standard InChI is InChI=1S/C106H71BN4/c1-106(2,3)74-60-101-103-102(61-74)109(76-58-72(68-34-12-6-13-35-68)55-73(59-76)69-36-14-7-15-37-69)100-65-98-92(84-45-23-19-41-80(84)78-39-17-21-43-82(78)88-49-29-51-90-86-47-25-27-53-96(86)111(98)105(88)90)63-94(100)107(103)93-62-91-83-44-22-18-40-79(83)77-38-16-20-42-81(77)87-48-28-50-89-85-46-24-26-52-95(85)110(104(87)89)97(91)64-99(93)108(101)75-56-70(66-30-8-4-9-31-66)54-71(57-75)67-32-10-5-11-33-67/h4-65H,1-3H3. The molecule has 0 spiro atoms. The number of para-hydroxylation sites is 4. The van der Waals surface area contributed by atoms with Crippen LogP contribution in [-0.4, -0.2) is 15.5 Å². The molecule has 4 aromatic heterocycles. The van der Waals surface area contributed by atoms with Gasteiger partial charge >= 0.3 is 0 Å². The first-order chi connectivity index (χ1) is 54.7. The van der Waals surface area contributed by atoms with Crippen molar-refractivity contribution in [3.63, 3.8) is 0 Å². The molecule has 17 aromatic carbocycles. The largest absolute Gasteiger partial charge is 0.311 e. The van der Waals surface area contributed by atoms with Crippen molar-refractivity contribution in [2.45, 2.75) is 26.2 Å². The minimum absolute atomic E-state index is 0.341. The van der Waals surface area contributed by atoms with Gasteiger partial charge in [-0.25, -0.2) is 0 Å². The van der Waals surface area contributed by atoms with E-state index in [0.29, 0.717) is 0 Å². The van der Waals surface area contributed by atoms with E-state index >= 15 is 0 Å². The Morgan fingerprint density at radius 1 is 0.207 bits per heavy atom. The Morgan fingerprint density at radius 2 is 0.477 bits per heavy atom. The second-order valence-corrected chi connectivity index (χ2v) is 31.4.